The van der Waals surface area contributed by atoms with Crippen LogP contribution in [0.1, 0.15) is 12.0 Å². The lowest BCUT2D eigenvalue weighted by molar-refractivity contribution is 0.482. The van der Waals surface area contributed by atoms with Crippen molar-refractivity contribution in [2.24, 2.45) is 5.92 Å². The van der Waals surface area contributed by atoms with Crippen molar-refractivity contribution < 1.29 is 4.74 Å². The molecule has 0 spiro atoms. The lowest BCUT2D eigenvalue weighted by atomic mass is 9.99. The molecule has 2 aromatic carbocycles. The van der Waals surface area contributed by atoms with Crippen molar-refractivity contribution in [3.8, 4) is 11.5 Å². The Morgan fingerprint density at radius 2 is 1.65 bits per heavy atom. The zero-order valence-electron chi connectivity index (χ0n) is 11.5. The third-order valence-electron chi connectivity index (χ3n) is 3.73. The molecule has 104 valence electrons. The van der Waals surface area contributed by atoms with Crippen LogP contribution < -0.4 is 15.8 Å². The lowest BCUT2D eigenvalue weighted by Crippen LogP contribution is -2.10. The van der Waals surface area contributed by atoms with E-state index in [0.717, 1.165) is 42.6 Å². The Hall–Kier alpha value is -2.00. The van der Waals surface area contributed by atoms with Crippen LogP contribution in [-0.4, -0.2) is 13.1 Å². The molecular weight excluding hydrogens is 248 g/mol. The van der Waals surface area contributed by atoms with Crippen LogP contribution >= 0.6 is 0 Å². The van der Waals surface area contributed by atoms with Crippen molar-refractivity contribution >= 4 is 5.69 Å². The minimum Gasteiger partial charge on any atom is -0.457 e. The Balaban J connectivity index is 1.62. The number of ether oxygens (including phenoxy) is 1. The third-order valence-corrected chi connectivity index (χ3v) is 3.73. The first-order chi connectivity index (χ1) is 9.79. The fourth-order valence-electron chi connectivity index (χ4n) is 2.59. The van der Waals surface area contributed by atoms with E-state index in [4.69, 9.17) is 10.5 Å². The smallest absolute Gasteiger partial charge is 0.127 e. The minimum atomic E-state index is 0.748. The van der Waals surface area contributed by atoms with E-state index < -0.39 is 0 Å². The molecular formula is C17H20N2O. The molecule has 1 fully saturated rings. The van der Waals surface area contributed by atoms with Gasteiger partial charge in [-0.15, -0.1) is 0 Å². The predicted octanol–water partition coefficient (Wildman–Crippen LogP) is 3.21. The normalized spacial score (nSPS) is 18.1. The average molecular weight is 268 g/mol. The Kier molecular flexibility index (Phi) is 3.88. The molecule has 1 aliphatic rings. The summed E-state index contributed by atoms with van der Waals surface area (Å²) in [7, 11) is 0. The topological polar surface area (TPSA) is 47.3 Å². The van der Waals surface area contributed by atoms with Gasteiger partial charge in [0.1, 0.15) is 11.5 Å². The summed E-state index contributed by atoms with van der Waals surface area (Å²) in [5.41, 5.74) is 7.78. The van der Waals surface area contributed by atoms with Crippen LogP contribution in [-0.2, 0) is 6.42 Å². The van der Waals surface area contributed by atoms with Crippen LogP contribution in [0.15, 0.2) is 48.5 Å². The highest BCUT2D eigenvalue weighted by Gasteiger charge is 2.14. The molecule has 1 atom stereocenters. The monoisotopic (exact) mass is 268 g/mol. The summed E-state index contributed by atoms with van der Waals surface area (Å²) in [5, 5.41) is 3.41. The van der Waals surface area contributed by atoms with Gasteiger partial charge in [-0.25, -0.2) is 0 Å². The van der Waals surface area contributed by atoms with Crippen molar-refractivity contribution in [2.45, 2.75) is 12.8 Å². The Bertz CT molecular complexity index is 542. The largest absolute Gasteiger partial charge is 0.457 e. The van der Waals surface area contributed by atoms with Gasteiger partial charge in [0.25, 0.3) is 0 Å². The van der Waals surface area contributed by atoms with Gasteiger partial charge in [-0.1, -0.05) is 12.1 Å². The first-order valence-electron chi connectivity index (χ1n) is 7.13. The summed E-state index contributed by atoms with van der Waals surface area (Å²) in [6.07, 6.45) is 2.43. The first kappa shape index (κ1) is 13.0. The zero-order valence-corrected chi connectivity index (χ0v) is 11.5. The standard InChI is InChI=1S/C17H20N2O/c18-15-3-7-17(8-4-15)20-16-5-1-13(2-6-16)11-14-9-10-19-12-14/h1-8,14,19H,9-12,18H2. The van der Waals surface area contributed by atoms with Crippen LogP contribution in [0.3, 0.4) is 0 Å². The SMILES string of the molecule is Nc1ccc(Oc2ccc(CC3CCNC3)cc2)cc1. The van der Waals surface area contributed by atoms with E-state index in [1.54, 1.807) is 0 Å². The molecule has 2 aromatic rings. The molecule has 0 radical (unpaired) electrons. The van der Waals surface area contributed by atoms with Gasteiger partial charge in [0, 0.05) is 5.69 Å². The Morgan fingerprint density at radius 3 is 2.25 bits per heavy atom. The van der Waals surface area contributed by atoms with Crippen molar-refractivity contribution in [1.29, 1.82) is 0 Å². The number of nitrogens with two attached hydrogens (primary N) is 1. The summed E-state index contributed by atoms with van der Waals surface area (Å²) >= 11 is 0. The van der Waals surface area contributed by atoms with Gasteiger partial charge >= 0.3 is 0 Å². The van der Waals surface area contributed by atoms with E-state index >= 15 is 0 Å². The molecule has 1 saturated heterocycles. The van der Waals surface area contributed by atoms with Gasteiger partial charge in [0.15, 0.2) is 0 Å². The molecule has 1 heterocycles. The van der Waals surface area contributed by atoms with Crippen LogP contribution in [0.5, 0.6) is 11.5 Å². The minimum absolute atomic E-state index is 0.748. The number of anilines is 1. The summed E-state index contributed by atoms with van der Waals surface area (Å²) in [4.78, 5) is 0. The van der Waals surface area contributed by atoms with E-state index in [-0.39, 0.29) is 0 Å². The second kappa shape index (κ2) is 5.97. The highest BCUT2D eigenvalue weighted by atomic mass is 16.5. The maximum atomic E-state index is 5.79. The number of nitrogens with one attached hydrogen (secondary N) is 1. The van der Waals surface area contributed by atoms with Gasteiger partial charge in [0.2, 0.25) is 0 Å². The molecule has 0 bridgehead atoms. The van der Waals surface area contributed by atoms with E-state index in [0.29, 0.717) is 0 Å². The highest BCUT2D eigenvalue weighted by Crippen LogP contribution is 2.23. The van der Waals surface area contributed by atoms with Gasteiger partial charge in [0.05, 0.1) is 0 Å². The van der Waals surface area contributed by atoms with Gasteiger partial charge in [-0.3, -0.25) is 0 Å². The van der Waals surface area contributed by atoms with E-state index in [2.05, 4.69) is 17.4 Å². The fraction of sp³-hybridized carbons (Fsp3) is 0.294. The second-order valence-corrected chi connectivity index (χ2v) is 5.38. The van der Waals surface area contributed by atoms with Gasteiger partial charge in [-0.05, 0) is 73.8 Å². The van der Waals surface area contributed by atoms with Gasteiger partial charge < -0.3 is 15.8 Å². The lowest BCUT2D eigenvalue weighted by Gasteiger charge is -2.10. The number of benzene rings is 2. The fourth-order valence-corrected chi connectivity index (χ4v) is 2.59. The summed E-state index contributed by atoms with van der Waals surface area (Å²) in [6, 6.07) is 15.8. The van der Waals surface area contributed by atoms with Crippen molar-refractivity contribution in [1.82, 2.24) is 5.32 Å². The molecule has 20 heavy (non-hydrogen) atoms. The van der Waals surface area contributed by atoms with Gasteiger partial charge in [-0.2, -0.15) is 0 Å². The molecule has 1 unspecified atom stereocenters. The molecule has 0 aromatic heterocycles. The zero-order chi connectivity index (χ0) is 13.8. The molecule has 3 rings (SSSR count). The van der Waals surface area contributed by atoms with Crippen molar-refractivity contribution in [3.05, 3.63) is 54.1 Å². The van der Waals surface area contributed by atoms with E-state index in [9.17, 15) is 0 Å². The molecule has 1 aliphatic heterocycles. The van der Waals surface area contributed by atoms with E-state index in [1.165, 1.54) is 12.0 Å². The van der Waals surface area contributed by atoms with E-state index in [1.807, 2.05) is 36.4 Å². The van der Waals surface area contributed by atoms with Crippen LogP contribution in [0, 0.1) is 5.92 Å². The summed E-state index contributed by atoms with van der Waals surface area (Å²) in [6.45, 7) is 2.30. The Labute approximate surface area is 119 Å². The maximum Gasteiger partial charge on any atom is 0.127 e. The molecule has 0 saturated carbocycles. The average Bonchev–Trinajstić information content (AvgIpc) is 2.96. The predicted molar refractivity (Wildman–Crippen MR) is 82.1 cm³/mol. The first-order valence-corrected chi connectivity index (χ1v) is 7.13. The molecule has 0 aliphatic carbocycles. The Morgan fingerprint density at radius 1 is 1.00 bits per heavy atom. The van der Waals surface area contributed by atoms with Crippen LogP contribution in [0.4, 0.5) is 5.69 Å². The molecule has 3 heteroatoms. The van der Waals surface area contributed by atoms with Crippen molar-refractivity contribution in [3.63, 3.8) is 0 Å². The summed E-state index contributed by atoms with van der Waals surface area (Å²) in [5.74, 6) is 2.45. The second-order valence-electron chi connectivity index (χ2n) is 5.38. The molecule has 3 N–H and O–H groups in total. The van der Waals surface area contributed by atoms with Crippen LogP contribution in [0.25, 0.3) is 0 Å². The quantitative estimate of drug-likeness (QED) is 0.837. The number of hydrogen-bond donors (Lipinski definition) is 2. The maximum absolute atomic E-state index is 5.79. The summed E-state index contributed by atoms with van der Waals surface area (Å²) < 4.78 is 5.79. The number of nitrogen functional groups attached to an aromatic ring is 1. The molecule has 3 nitrogen and oxygen atoms in total. The van der Waals surface area contributed by atoms with Crippen LogP contribution in [0.2, 0.25) is 0 Å². The van der Waals surface area contributed by atoms with Crippen molar-refractivity contribution in [2.75, 3.05) is 18.8 Å². The number of rotatable bonds is 4. The molecule has 0 amide bonds. The third kappa shape index (κ3) is 3.31. The number of hydrogen-bond acceptors (Lipinski definition) is 3. The highest BCUT2D eigenvalue weighted by molar-refractivity contribution is 5.43.